The Kier molecular flexibility index (Phi) is 5.61. The Bertz CT molecular complexity index is 660. The van der Waals surface area contributed by atoms with E-state index in [1.807, 2.05) is 55.5 Å². The highest BCUT2D eigenvalue weighted by molar-refractivity contribution is 7.99. The van der Waals surface area contributed by atoms with Gasteiger partial charge in [0, 0.05) is 16.3 Å². The first kappa shape index (κ1) is 15.4. The predicted octanol–water partition coefficient (Wildman–Crippen LogP) is 4.42. The summed E-state index contributed by atoms with van der Waals surface area (Å²) in [5.74, 6) is 0.440. The van der Waals surface area contributed by atoms with E-state index in [2.05, 4.69) is 16.7 Å². The minimum atomic E-state index is 0.440. The van der Waals surface area contributed by atoms with Gasteiger partial charge in [-0.1, -0.05) is 23.8 Å². The average molecular weight is 313 g/mol. The first-order chi connectivity index (χ1) is 10.2. The Morgan fingerprint density at radius 1 is 1.14 bits per heavy atom. The van der Waals surface area contributed by atoms with Crippen LogP contribution >= 0.6 is 24.0 Å². The quantitative estimate of drug-likeness (QED) is 0.646. The highest BCUT2D eigenvalue weighted by Gasteiger charge is 2.00. The largest absolute Gasteiger partial charge is 0.332 e. The zero-order chi connectivity index (χ0) is 15.1. The van der Waals surface area contributed by atoms with Crippen LogP contribution in [-0.2, 0) is 0 Å². The second-order valence-corrected chi connectivity index (χ2v) is 5.88. The number of hydrogen-bond acceptors (Lipinski definition) is 3. The molecule has 2 rings (SSSR count). The third kappa shape index (κ3) is 5.10. The molecule has 0 aliphatic rings. The van der Waals surface area contributed by atoms with Crippen LogP contribution in [-0.4, -0.2) is 10.9 Å². The smallest absolute Gasteiger partial charge is 0.175 e. The van der Waals surface area contributed by atoms with Gasteiger partial charge in [-0.15, -0.1) is 11.8 Å². The number of hydrogen-bond donors (Lipinski definition) is 2. The third-order valence-corrected chi connectivity index (χ3v) is 3.77. The summed E-state index contributed by atoms with van der Waals surface area (Å²) in [6, 6.07) is 18.0. The maximum absolute atomic E-state index is 8.61. The standard InChI is InChI=1S/C16H15N3S2/c1-12-5-7-13(8-6-12)18-16(20)19-14-3-2-4-15(11-14)21-10-9-17/h2-8,11H,10H2,1H3,(H2,18,19,20). The Morgan fingerprint density at radius 2 is 1.86 bits per heavy atom. The van der Waals surface area contributed by atoms with E-state index in [-0.39, 0.29) is 0 Å². The molecule has 0 saturated carbocycles. The molecule has 0 aliphatic heterocycles. The first-order valence-corrected chi connectivity index (χ1v) is 7.81. The van der Waals surface area contributed by atoms with Crippen molar-refractivity contribution in [3.8, 4) is 6.07 Å². The second-order valence-electron chi connectivity index (χ2n) is 4.42. The Balaban J connectivity index is 1.96. The van der Waals surface area contributed by atoms with Crippen molar-refractivity contribution in [3.05, 3.63) is 54.1 Å². The minimum Gasteiger partial charge on any atom is -0.332 e. The summed E-state index contributed by atoms with van der Waals surface area (Å²) in [7, 11) is 0. The van der Waals surface area contributed by atoms with Crippen LogP contribution in [0.25, 0.3) is 0 Å². The lowest BCUT2D eigenvalue weighted by Crippen LogP contribution is -2.18. The fourth-order valence-corrected chi connectivity index (χ4v) is 2.56. The van der Waals surface area contributed by atoms with E-state index >= 15 is 0 Å². The number of aryl methyl sites for hydroxylation is 1. The molecule has 0 atom stereocenters. The fraction of sp³-hybridized carbons (Fsp3) is 0.125. The van der Waals surface area contributed by atoms with Gasteiger partial charge in [-0.2, -0.15) is 5.26 Å². The number of nitrogens with one attached hydrogen (secondary N) is 2. The Hall–Kier alpha value is -2.03. The van der Waals surface area contributed by atoms with Crippen molar-refractivity contribution in [3.63, 3.8) is 0 Å². The number of thiocarbonyl (C=S) groups is 1. The van der Waals surface area contributed by atoms with Crippen molar-refractivity contribution in [1.29, 1.82) is 5.26 Å². The molecule has 0 amide bonds. The highest BCUT2D eigenvalue weighted by Crippen LogP contribution is 2.21. The molecule has 3 nitrogen and oxygen atoms in total. The van der Waals surface area contributed by atoms with Crippen molar-refractivity contribution < 1.29 is 0 Å². The molecule has 2 aromatic carbocycles. The molecule has 0 heterocycles. The van der Waals surface area contributed by atoms with Crippen molar-refractivity contribution in [2.45, 2.75) is 11.8 Å². The number of thioether (sulfide) groups is 1. The van der Waals surface area contributed by atoms with E-state index in [4.69, 9.17) is 17.5 Å². The summed E-state index contributed by atoms with van der Waals surface area (Å²) in [4.78, 5) is 1.04. The Morgan fingerprint density at radius 3 is 2.57 bits per heavy atom. The van der Waals surface area contributed by atoms with Crippen molar-refractivity contribution >= 4 is 40.5 Å². The third-order valence-electron chi connectivity index (χ3n) is 2.70. The lowest BCUT2D eigenvalue weighted by Gasteiger charge is -2.11. The number of nitrogens with zero attached hydrogens (tertiary/aromatic N) is 1. The molecule has 2 aromatic rings. The normalized spacial score (nSPS) is 9.71. The molecule has 106 valence electrons. The van der Waals surface area contributed by atoms with Gasteiger partial charge >= 0.3 is 0 Å². The lowest BCUT2D eigenvalue weighted by atomic mass is 10.2. The van der Waals surface area contributed by atoms with Crippen molar-refractivity contribution in [2.75, 3.05) is 16.4 Å². The molecular weight excluding hydrogens is 298 g/mol. The molecular formula is C16H15N3S2. The summed E-state index contributed by atoms with van der Waals surface area (Å²) in [6.07, 6.45) is 0. The second kappa shape index (κ2) is 7.67. The zero-order valence-electron chi connectivity index (χ0n) is 11.6. The van der Waals surface area contributed by atoms with Gasteiger partial charge in [0.25, 0.3) is 0 Å². The molecule has 2 N–H and O–H groups in total. The van der Waals surface area contributed by atoms with Crippen LogP contribution in [0.2, 0.25) is 0 Å². The summed E-state index contributed by atoms with van der Waals surface area (Å²) < 4.78 is 0. The summed E-state index contributed by atoms with van der Waals surface area (Å²) in [5, 5.41) is 15.4. The molecule has 5 heteroatoms. The molecule has 0 aromatic heterocycles. The van der Waals surface area contributed by atoms with Crippen LogP contribution in [0.15, 0.2) is 53.4 Å². The molecule has 0 aliphatic carbocycles. The van der Waals surface area contributed by atoms with E-state index in [0.717, 1.165) is 16.3 Å². The van der Waals surface area contributed by atoms with E-state index in [1.165, 1.54) is 17.3 Å². The average Bonchev–Trinajstić information content (AvgIpc) is 2.48. The molecule has 21 heavy (non-hydrogen) atoms. The van der Waals surface area contributed by atoms with Gasteiger partial charge in [-0.05, 0) is 49.5 Å². The maximum atomic E-state index is 8.61. The molecule has 0 saturated heterocycles. The minimum absolute atomic E-state index is 0.440. The number of nitriles is 1. The van der Waals surface area contributed by atoms with Gasteiger partial charge in [-0.25, -0.2) is 0 Å². The van der Waals surface area contributed by atoms with E-state index in [9.17, 15) is 0 Å². The molecule has 0 spiro atoms. The van der Waals surface area contributed by atoms with Gasteiger partial charge in [-0.3, -0.25) is 0 Å². The van der Waals surface area contributed by atoms with Crippen LogP contribution in [0.1, 0.15) is 5.56 Å². The molecule has 0 bridgehead atoms. The predicted molar refractivity (Wildman–Crippen MR) is 93.8 cm³/mol. The highest BCUT2D eigenvalue weighted by atomic mass is 32.2. The van der Waals surface area contributed by atoms with Crippen molar-refractivity contribution in [2.24, 2.45) is 0 Å². The summed E-state index contributed by atoms with van der Waals surface area (Å²) in [5.41, 5.74) is 3.07. The van der Waals surface area contributed by atoms with Gasteiger partial charge in [0.2, 0.25) is 0 Å². The first-order valence-electron chi connectivity index (χ1n) is 6.42. The fourth-order valence-electron chi connectivity index (χ4n) is 1.71. The summed E-state index contributed by atoms with van der Waals surface area (Å²) >= 11 is 6.80. The van der Waals surface area contributed by atoms with Gasteiger partial charge in [0.05, 0.1) is 11.8 Å². The van der Waals surface area contributed by atoms with E-state index < -0.39 is 0 Å². The lowest BCUT2D eigenvalue weighted by molar-refractivity contribution is 1.44. The van der Waals surface area contributed by atoms with Crippen LogP contribution in [0.4, 0.5) is 11.4 Å². The van der Waals surface area contributed by atoms with Crippen molar-refractivity contribution in [1.82, 2.24) is 0 Å². The summed E-state index contributed by atoms with van der Waals surface area (Å²) in [6.45, 7) is 2.05. The number of anilines is 2. The Labute approximate surface area is 134 Å². The van der Waals surface area contributed by atoms with Gasteiger partial charge in [0.1, 0.15) is 0 Å². The number of rotatable bonds is 4. The van der Waals surface area contributed by atoms with Gasteiger partial charge in [0.15, 0.2) is 5.11 Å². The molecule has 0 fully saturated rings. The van der Waals surface area contributed by atoms with E-state index in [0.29, 0.717) is 10.9 Å². The number of benzene rings is 2. The maximum Gasteiger partial charge on any atom is 0.175 e. The SMILES string of the molecule is Cc1ccc(NC(=S)Nc2cccc(SCC#N)c2)cc1. The molecule has 0 unspecified atom stereocenters. The van der Waals surface area contributed by atoms with Gasteiger partial charge < -0.3 is 10.6 Å². The van der Waals surface area contributed by atoms with Crippen LogP contribution in [0.5, 0.6) is 0 Å². The van der Waals surface area contributed by atoms with Crippen LogP contribution in [0, 0.1) is 18.3 Å². The zero-order valence-corrected chi connectivity index (χ0v) is 13.2. The monoisotopic (exact) mass is 313 g/mol. The van der Waals surface area contributed by atoms with Crippen LogP contribution in [0.3, 0.4) is 0 Å². The van der Waals surface area contributed by atoms with E-state index in [1.54, 1.807) is 0 Å². The molecule has 0 radical (unpaired) electrons. The topological polar surface area (TPSA) is 47.8 Å². The van der Waals surface area contributed by atoms with Crippen LogP contribution < -0.4 is 10.6 Å².